The molecule has 1 saturated heterocycles. The molecule has 7 nitrogen and oxygen atoms in total. The molecule has 3 rings (SSSR count). The smallest absolute Gasteiger partial charge is 0.314 e. The SMILES string of the molecule is COc1nc2c(cc1C(=O)N1CC[C@@H](O)[C@](CCC(C)C)(C(=O)O)C1)CCC2. The summed E-state index contributed by atoms with van der Waals surface area (Å²) in [5.41, 5.74) is 1.07. The first-order chi connectivity index (χ1) is 13.3. The number of methoxy groups -OCH3 is 1. The van der Waals surface area contributed by atoms with E-state index in [0.29, 0.717) is 36.7 Å². The highest BCUT2D eigenvalue weighted by Gasteiger charge is 2.50. The second kappa shape index (κ2) is 8.07. The summed E-state index contributed by atoms with van der Waals surface area (Å²) in [7, 11) is 1.49. The summed E-state index contributed by atoms with van der Waals surface area (Å²) in [6, 6.07) is 1.85. The number of carbonyl (C=O) groups excluding carboxylic acids is 1. The van der Waals surface area contributed by atoms with Crippen molar-refractivity contribution in [2.45, 2.75) is 58.5 Å². The number of aryl methyl sites for hydroxylation is 2. The number of aromatic nitrogens is 1. The molecule has 2 N–H and O–H groups in total. The van der Waals surface area contributed by atoms with Crippen LogP contribution in [0.3, 0.4) is 0 Å². The minimum Gasteiger partial charge on any atom is -0.481 e. The second-order valence-corrected chi connectivity index (χ2v) is 8.43. The van der Waals surface area contributed by atoms with Gasteiger partial charge in [0.1, 0.15) is 11.0 Å². The van der Waals surface area contributed by atoms with Crippen LogP contribution in [0.4, 0.5) is 0 Å². The molecule has 1 fully saturated rings. The Labute approximate surface area is 165 Å². The van der Waals surface area contributed by atoms with Gasteiger partial charge >= 0.3 is 5.97 Å². The molecule has 7 heteroatoms. The van der Waals surface area contributed by atoms with Crippen molar-refractivity contribution >= 4 is 11.9 Å². The first-order valence-electron chi connectivity index (χ1n) is 10.1. The number of amides is 1. The lowest BCUT2D eigenvalue weighted by molar-refractivity contribution is -0.163. The summed E-state index contributed by atoms with van der Waals surface area (Å²) in [5, 5.41) is 20.5. The monoisotopic (exact) mass is 390 g/mol. The van der Waals surface area contributed by atoms with E-state index in [1.165, 1.54) is 7.11 Å². The van der Waals surface area contributed by atoms with Crippen molar-refractivity contribution in [2.75, 3.05) is 20.2 Å². The highest BCUT2D eigenvalue weighted by molar-refractivity contribution is 5.97. The van der Waals surface area contributed by atoms with Gasteiger partial charge in [0, 0.05) is 18.8 Å². The van der Waals surface area contributed by atoms with Crippen molar-refractivity contribution in [1.29, 1.82) is 0 Å². The minimum absolute atomic E-state index is 0.00467. The Kier molecular flexibility index (Phi) is 5.93. The first-order valence-corrected chi connectivity index (χ1v) is 10.1. The molecule has 0 radical (unpaired) electrons. The number of aliphatic hydroxyl groups excluding tert-OH is 1. The molecule has 0 aromatic carbocycles. The first kappa shape index (κ1) is 20.6. The quantitative estimate of drug-likeness (QED) is 0.773. The van der Waals surface area contributed by atoms with Gasteiger partial charge in [-0.3, -0.25) is 9.59 Å². The molecule has 0 saturated carbocycles. The van der Waals surface area contributed by atoms with Crippen molar-refractivity contribution in [3.63, 3.8) is 0 Å². The van der Waals surface area contributed by atoms with Gasteiger partial charge in [-0.15, -0.1) is 0 Å². The number of hydrogen-bond acceptors (Lipinski definition) is 5. The molecule has 2 heterocycles. The molecule has 28 heavy (non-hydrogen) atoms. The number of aliphatic hydroxyl groups is 1. The number of aliphatic carboxylic acids is 1. The molecule has 154 valence electrons. The van der Waals surface area contributed by atoms with Crippen molar-refractivity contribution in [2.24, 2.45) is 11.3 Å². The Bertz CT molecular complexity index is 763. The van der Waals surface area contributed by atoms with Crippen molar-refractivity contribution < 1.29 is 24.5 Å². The van der Waals surface area contributed by atoms with Gasteiger partial charge < -0.3 is 19.8 Å². The zero-order valence-electron chi connectivity index (χ0n) is 16.9. The van der Waals surface area contributed by atoms with Gasteiger partial charge in [0.25, 0.3) is 5.91 Å². The van der Waals surface area contributed by atoms with E-state index in [0.717, 1.165) is 30.5 Å². The highest BCUT2D eigenvalue weighted by atomic mass is 16.5. The summed E-state index contributed by atoms with van der Waals surface area (Å²) in [5.74, 6) is -0.714. The van der Waals surface area contributed by atoms with Gasteiger partial charge in [0.2, 0.25) is 5.88 Å². The topological polar surface area (TPSA) is 100.0 Å². The van der Waals surface area contributed by atoms with E-state index in [4.69, 9.17) is 4.74 Å². The maximum atomic E-state index is 13.3. The average Bonchev–Trinajstić information content (AvgIpc) is 3.13. The van der Waals surface area contributed by atoms with Crippen LogP contribution in [0.25, 0.3) is 0 Å². The number of hydrogen-bond donors (Lipinski definition) is 2. The fraction of sp³-hybridized carbons (Fsp3) is 0.667. The predicted molar refractivity (Wildman–Crippen MR) is 103 cm³/mol. The number of carboxylic acids is 1. The largest absolute Gasteiger partial charge is 0.481 e. The average molecular weight is 390 g/mol. The fourth-order valence-corrected chi connectivity index (χ4v) is 4.29. The molecular formula is C21H30N2O5. The third-order valence-electron chi connectivity index (χ3n) is 6.10. The van der Waals surface area contributed by atoms with Crippen LogP contribution in [-0.4, -0.2) is 58.3 Å². The number of likely N-dealkylation sites (tertiary alicyclic amines) is 1. The van der Waals surface area contributed by atoms with Gasteiger partial charge in [-0.2, -0.15) is 0 Å². The minimum atomic E-state index is -1.34. The lowest BCUT2D eigenvalue weighted by Crippen LogP contribution is -2.57. The number of carboxylic acid groups (broad SMARTS) is 1. The third-order valence-corrected chi connectivity index (χ3v) is 6.10. The van der Waals surface area contributed by atoms with E-state index in [9.17, 15) is 19.8 Å². The van der Waals surface area contributed by atoms with Gasteiger partial charge in [0.15, 0.2) is 0 Å². The summed E-state index contributed by atoms with van der Waals surface area (Å²) < 4.78 is 5.36. The molecule has 0 spiro atoms. The van der Waals surface area contributed by atoms with E-state index in [2.05, 4.69) is 4.98 Å². The van der Waals surface area contributed by atoms with Gasteiger partial charge in [-0.25, -0.2) is 4.98 Å². The molecular weight excluding hydrogens is 360 g/mol. The molecule has 1 aliphatic carbocycles. The Morgan fingerprint density at radius 2 is 2.14 bits per heavy atom. The van der Waals surface area contributed by atoms with E-state index < -0.39 is 17.5 Å². The van der Waals surface area contributed by atoms with E-state index >= 15 is 0 Å². The summed E-state index contributed by atoms with van der Waals surface area (Å²) >= 11 is 0. The van der Waals surface area contributed by atoms with Crippen molar-refractivity contribution in [3.8, 4) is 5.88 Å². The zero-order valence-corrected chi connectivity index (χ0v) is 16.9. The van der Waals surface area contributed by atoms with Crippen LogP contribution in [0.5, 0.6) is 5.88 Å². The summed E-state index contributed by atoms with van der Waals surface area (Å²) in [6.07, 6.45) is 3.08. The van der Waals surface area contributed by atoms with E-state index in [-0.39, 0.29) is 18.9 Å². The van der Waals surface area contributed by atoms with Gasteiger partial charge in [-0.05, 0) is 56.1 Å². The van der Waals surface area contributed by atoms with Gasteiger partial charge in [-0.1, -0.05) is 13.8 Å². The Morgan fingerprint density at radius 3 is 2.79 bits per heavy atom. The molecule has 1 aromatic heterocycles. The highest BCUT2D eigenvalue weighted by Crippen LogP contribution is 2.38. The fourth-order valence-electron chi connectivity index (χ4n) is 4.29. The van der Waals surface area contributed by atoms with Crippen LogP contribution in [-0.2, 0) is 17.6 Å². The lowest BCUT2D eigenvalue weighted by Gasteiger charge is -2.43. The molecule has 2 aliphatic rings. The summed E-state index contributed by atoms with van der Waals surface area (Å²) in [6.45, 7) is 4.36. The number of rotatable bonds is 6. The third kappa shape index (κ3) is 3.72. The van der Waals surface area contributed by atoms with Crippen molar-refractivity contribution in [3.05, 3.63) is 22.9 Å². The molecule has 1 aromatic rings. The van der Waals surface area contributed by atoms with Crippen LogP contribution in [0.2, 0.25) is 0 Å². The second-order valence-electron chi connectivity index (χ2n) is 8.43. The van der Waals surface area contributed by atoms with E-state index in [1.54, 1.807) is 4.90 Å². The Balaban J connectivity index is 1.89. The number of nitrogens with zero attached hydrogens (tertiary/aromatic N) is 2. The lowest BCUT2D eigenvalue weighted by atomic mass is 9.72. The number of ether oxygens (including phenoxy) is 1. The molecule has 1 aliphatic heterocycles. The van der Waals surface area contributed by atoms with Crippen LogP contribution in [0, 0.1) is 11.3 Å². The molecule has 0 unspecified atom stereocenters. The maximum Gasteiger partial charge on any atom is 0.314 e. The predicted octanol–water partition coefficient (Wildman–Crippen LogP) is 2.29. The number of carbonyl (C=O) groups is 2. The van der Waals surface area contributed by atoms with Crippen LogP contribution in [0.1, 0.15) is 61.1 Å². The van der Waals surface area contributed by atoms with Crippen molar-refractivity contribution in [1.82, 2.24) is 9.88 Å². The van der Waals surface area contributed by atoms with Crippen LogP contribution in [0.15, 0.2) is 6.07 Å². The van der Waals surface area contributed by atoms with Crippen LogP contribution >= 0.6 is 0 Å². The standard InChI is InChI=1S/C21H30N2O5/c1-13(2)7-9-21(20(26)27)12-23(10-8-17(21)24)19(25)15-11-14-5-4-6-16(14)22-18(15)28-3/h11,13,17,24H,4-10,12H2,1-3H3,(H,26,27)/t17-,21-/m1/s1. The maximum absolute atomic E-state index is 13.3. The van der Waals surface area contributed by atoms with Gasteiger partial charge in [0.05, 0.1) is 13.2 Å². The molecule has 2 atom stereocenters. The molecule has 1 amide bonds. The van der Waals surface area contributed by atoms with E-state index in [1.807, 2.05) is 19.9 Å². The van der Waals surface area contributed by atoms with Crippen LogP contribution < -0.4 is 4.74 Å². The number of piperidine rings is 1. The Morgan fingerprint density at radius 1 is 1.39 bits per heavy atom. The zero-order chi connectivity index (χ0) is 20.5. The Hall–Kier alpha value is -2.15. The molecule has 0 bridgehead atoms. The normalized spacial score (nSPS) is 24.3. The number of fused-ring (bicyclic) bond motifs is 1. The number of pyridine rings is 1. The summed E-state index contributed by atoms with van der Waals surface area (Å²) in [4.78, 5) is 31.5.